The van der Waals surface area contributed by atoms with Crippen molar-refractivity contribution in [1.29, 1.82) is 0 Å². The normalized spacial score (nSPS) is 20.3. The smallest absolute Gasteiger partial charge is 0.504 e. The van der Waals surface area contributed by atoms with E-state index in [-0.39, 0.29) is 22.2 Å². The number of allylic oxidation sites excluding steroid dienone is 1. The van der Waals surface area contributed by atoms with Crippen LogP contribution in [0.25, 0.3) is 0 Å². The molecule has 0 saturated carbocycles. The minimum Gasteiger partial charge on any atom is -0.504 e. The number of benzene rings is 1. The Labute approximate surface area is 184 Å². The maximum Gasteiger partial charge on any atom is 0.514 e. The Balaban J connectivity index is 1.81. The first-order valence-corrected chi connectivity index (χ1v) is 10.8. The number of carbonyl (C=O) groups excluding carboxylic acids is 2. The fraction of sp³-hybridized carbons (Fsp3) is 0.429. The molecule has 0 aliphatic carbocycles. The van der Waals surface area contributed by atoms with Crippen molar-refractivity contribution in [1.82, 2.24) is 4.90 Å². The van der Waals surface area contributed by atoms with Crippen LogP contribution in [0.2, 0.25) is 5.02 Å². The van der Waals surface area contributed by atoms with Crippen LogP contribution in [0.5, 0.6) is 0 Å². The average Bonchev–Trinajstić information content (AvgIpc) is 2.69. The number of carbonyl (C=O) groups is 2. The summed E-state index contributed by atoms with van der Waals surface area (Å²) >= 11 is 7.62. The van der Waals surface area contributed by atoms with Crippen LogP contribution in [0.1, 0.15) is 31.9 Å². The molecule has 0 amide bonds. The molecule has 30 heavy (non-hydrogen) atoms. The molecule has 3 rings (SSSR count). The third-order valence-corrected chi connectivity index (χ3v) is 6.43. The minimum atomic E-state index is -0.849. The van der Waals surface area contributed by atoms with Gasteiger partial charge in [0.2, 0.25) is 5.09 Å². The number of esters is 1. The molecule has 162 valence electrons. The zero-order valence-corrected chi connectivity index (χ0v) is 18.5. The van der Waals surface area contributed by atoms with Crippen molar-refractivity contribution < 1.29 is 28.9 Å². The van der Waals surface area contributed by atoms with Gasteiger partial charge in [-0.2, -0.15) is 0 Å². The summed E-state index contributed by atoms with van der Waals surface area (Å²) in [5, 5.41) is 11.0. The average molecular weight is 454 g/mol. The molecule has 2 atom stereocenters. The first-order valence-electron chi connectivity index (χ1n) is 9.55. The Bertz CT molecular complexity index is 884. The number of thioether (sulfide) groups is 1. The van der Waals surface area contributed by atoms with Gasteiger partial charge < -0.3 is 19.3 Å². The van der Waals surface area contributed by atoms with Crippen LogP contribution in [0.15, 0.2) is 46.8 Å². The lowest BCUT2D eigenvalue weighted by molar-refractivity contribution is -0.147. The van der Waals surface area contributed by atoms with E-state index in [1.807, 2.05) is 17.0 Å². The standard InChI is InChI=1S/C21H24ClNO6S/c1-12(2)28-21(26)29-20-16(24)10-13-11-23(9-8-17(13)30-20)18(19(25)27-3)14-6-4-5-7-15(14)22/h4-7,10,12,17-18,24H,8-9,11H2,1-3H3/t17-,18-/m0/s1. The van der Waals surface area contributed by atoms with Crippen molar-refractivity contribution in [2.45, 2.75) is 37.7 Å². The number of aliphatic hydroxyl groups is 1. The van der Waals surface area contributed by atoms with Crippen molar-refractivity contribution in [2.24, 2.45) is 0 Å². The number of piperidine rings is 1. The highest BCUT2D eigenvalue weighted by Gasteiger charge is 2.37. The van der Waals surface area contributed by atoms with Crippen LogP contribution in [-0.2, 0) is 19.0 Å². The maximum atomic E-state index is 12.6. The number of hydrogen-bond donors (Lipinski definition) is 1. The molecule has 7 nitrogen and oxygen atoms in total. The van der Waals surface area contributed by atoms with Gasteiger partial charge in [0.15, 0.2) is 5.76 Å². The van der Waals surface area contributed by atoms with Crippen molar-refractivity contribution in [3.8, 4) is 0 Å². The third-order valence-electron chi connectivity index (χ3n) is 4.76. The maximum absolute atomic E-state index is 12.6. The molecule has 1 aromatic carbocycles. The Morgan fingerprint density at radius 1 is 1.30 bits per heavy atom. The lowest BCUT2D eigenvalue weighted by Gasteiger charge is -2.39. The Morgan fingerprint density at radius 3 is 2.70 bits per heavy atom. The number of fused-ring (bicyclic) bond motifs is 1. The second-order valence-electron chi connectivity index (χ2n) is 7.22. The van der Waals surface area contributed by atoms with E-state index < -0.39 is 18.2 Å². The molecule has 0 spiro atoms. The third kappa shape index (κ3) is 5.11. The van der Waals surface area contributed by atoms with E-state index in [0.29, 0.717) is 30.1 Å². The number of rotatable bonds is 5. The predicted molar refractivity (Wildman–Crippen MR) is 114 cm³/mol. The molecule has 0 unspecified atom stereocenters. The second kappa shape index (κ2) is 9.76. The van der Waals surface area contributed by atoms with Crippen LogP contribution in [-0.4, -0.2) is 53.7 Å². The monoisotopic (exact) mass is 453 g/mol. The van der Waals surface area contributed by atoms with Crippen molar-refractivity contribution in [3.63, 3.8) is 0 Å². The molecule has 2 aliphatic heterocycles. The summed E-state index contributed by atoms with van der Waals surface area (Å²) in [6, 6.07) is 6.53. The first-order chi connectivity index (χ1) is 14.3. The van der Waals surface area contributed by atoms with E-state index >= 15 is 0 Å². The van der Waals surface area contributed by atoms with E-state index in [1.165, 1.54) is 18.9 Å². The van der Waals surface area contributed by atoms with Gasteiger partial charge in [0.05, 0.1) is 13.2 Å². The van der Waals surface area contributed by atoms with E-state index in [4.69, 9.17) is 25.8 Å². The van der Waals surface area contributed by atoms with Gasteiger partial charge in [-0.3, -0.25) is 4.90 Å². The molecule has 0 bridgehead atoms. The first kappa shape index (κ1) is 22.5. The highest BCUT2D eigenvalue weighted by atomic mass is 35.5. The van der Waals surface area contributed by atoms with Crippen LogP contribution in [0, 0.1) is 0 Å². The number of nitrogens with zero attached hydrogens (tertiary/aromatic N) is 1. The molecule has 1 saturated heterocycles. The van der Waals surface area contributed by atoms with Gasteiger partial charge in [-0.25, -0.2) is 9.59 Å². The second-order valence-corrected chi connectivity index (χ2v) is 8.81. The number of aliphatic hydroxyl groups excluding tert-OH is 1. The molecule has 0 radical (unpaired) electrons. The summed E-state index contributed by atoms with van der Waals surface area (Å²) < 4.78 is 15.2. The molecule has 1 aromatic rings. The van der Waals surface area contributed by atoms with E-state index in [1.54, 1.807) is 32.1 Å². The molecular weight excluding hydrogens is 430 g/mol. The van der Waals surface area contributed by atoms with Crippen LogP contribution < -0.4 is 0 Å². The topological polar surface area (TPSA) is 85.3 Å². The zero-order valence-electron chi connectivity index (χ0n) is 17.0. The van der Waals surface area contributed by atoms with Crippen LogP contribution in [0.4, 0.5) is 4.79 Å². The van der Waals surface area contributed by atoms with E-state index in [0.717, 1.165) is 5.57 Å². The molecule has 9 heteroatoms. The number of methoxy groups -OCH3 is 1. The van der Waals surface area contributed by atoms with Crippen LogP contribution >= 0.6 is 23.4 Å². The fourth-order valence-corrected chi connectivity index (χ4v) is 4.76. The highest BCUT2D eigenvalue weighted by molar-refractivity contribution is 8.03. The van der Waals surface area contributed by atoms with Gasteiger partial charge in [-0.1, -0.05) is 41.6 Å². The van der Waals surface area contributed by atoms with E-state index in [9.17, 15) is 14.7 Å². The van der Waals surface area contributed by atoms with Gasteiger partial charge in [-0.05, 0) is 43.5 Å². The lowest BCUT2D eigenvalue weighted by Crippen LogP contribution is -2.43. The molecular formula is C21H24ClNO6S. The summed E-state index contributed by atoms with van der Waals surface area (Å²) in [6.07, 6.45) is 1.11. The summed E-state index contributed by atoms with van der Waals surface area (Å²) in [4.78, 5) is 26.3. The summed E-state index contributed by atoms with van der Waals surface area (Å²) in [5.41, 5.74) is 1.60. The van der Waals surface area contributed by atoms with Crippen molar-refractivity contribution in [2.75, 3.05) is 20.2 Å². The van der Waals surface area contributed by atoms with Gasteiger partial charge >= 0.3 is 12.1 Å². The SMILES string of the molecule is COC(=O)[C@H](c1ccccc1Cl)N1CC[C@@H]2SC(OC(=O)OC(C)C)=C(O)C=C2C1. The highest BCUT2D eigenvalue weighted by Crippen LogP contribution is 2.41. The molecule has 2 aliphatic rings. The Kier molecular flexibility index (Phi) is 7.33. The quantitative estimate of drug-likeness (QED) is 0.648. The Hall–Kier alpha value is -2.16. The number of likely N-dealkylation sites (tertiary alicyclic amines) is 1. The molecule has 1 N–H and O–H groups in total. The largest absolute Gasteiger partial charge is 0.514 e. The number of hydrogen-bond acceptors (Lipinski definition) is 8. The summed E-state index contributed by atoms with van der Waals surface area (Å²) in [7, 11) is 1.35. The summed E-state index contributed by atoms with van der Waals surface area (Å²) in [6.45, 7) is 4.48. The van der Waals surface area contributed by atoms with Gasteiger partial charge in [0, 0.05) is 23.4 Å². The predicted octanol–water partition coefficient (Wildman–Crippen LogP) is 4.59. The molecule has 0 aromatic heterocycles. The van der Waals surface area contributed by atoms with Gasteiger partial charge in [0.25, 0.3) is 0 Å². The molecule has 1 fully saturated rings. The van der Waals surface area contributed by atoms with Gasteiger partial charge in [-0.15, -0.1) is 0 Å². The van der Waals surface area contributed by atoms with Crippen LogP contribution in [0.3, 0.4) is 0 Å². The summed E-state index contributed by atoms with van der Waals surface area (Å²) in [5.74, 6) is -0.535. The lowest BCUT2D eigenvalue weighted by atomic mass is 9.97. The number of halogens is 1. The van der Waals surface area contributed by atoms with Crippen molar-refractivity contribution in [3.05, 3.63) is 57.4 Å². The van der Waals surface area contributed by atoms with E-state index in [2.05, 4.69) is 0 Å². The van der Waals surface area contributed by atoms with Crippen molar-refractivity contribution >= 4 is 35.5 Å². The Morgan fingerprint density at radius 2 is 2.03 bits per heavy atom. The number of ether oxygens (including phenoxy) is 3. The minimum absolute atomic E-state index is 0.0172. The zero-order chi connectivity index (χ0) is 21.8. The fourth-order valence-electron chi connectivity index (χ4n) is 3.45. The van der Waals surface area contributed by atoms with Gasteiger partial charge in [0.1, 0.15) is 6.04 Å². The molecule has 2 heterocycles.